The number of hydrogen-bond donors (Lipinski definition) is 2. The maximum Gasteiger partial charge on any atom is 0.101 e. The average Bonchev–Trinajstić information content (AvgIpc) is 2.28. The maximum absolute atomic E-state index is 9.23. The number of nitriles is 1. The van der Waals surface area contributed by atoms with Crippen LogP contribution in [0.1, 0.15) is 25.8 Å². The molecule has 0 spiro atoms. The Morgan fingerprint density at radius 1 is 1.56 bits per heavy atom. The zero-order chi connectivity index (χ0) is 12.0. The lowest BCUT2D eigenvalue weighted by molar-refractivity contribution is 0.259. The minimum absolute atomic E-state index is 0.0312. The Kier molecular flexibility index (Phi) is 4.74. The first-order chi connectivity index (χ1) is 7.67. The summed E-state index contributed by atoms with van der Waals surface area (Å²) in [6, 6.07) is 3.72. The summed E-state index contributed by atoms with van der Waals surface area (Å²) >= 11 is 0. The smallest absolute Gasteiger partial charge is 0.101 e. The summed E-state index contributed by atoms with van der Waals surface area (Å²) in [6.07, 6.45) is 4.05. The van der Waals surface area contributed by atoms with Crippen molar-refractivity contribution in [3.63, 3.8) is 0 Å². The lowest BCUT2D eigenvalue weighted by atomic mass is 10.0. The second-order valence-electron chi connectivity index (χ2n) is 4.19. The molecule has 4 nitrogen and oxygen atoms in total. The SMILES string of the molecule is CC(C)CC(CO)Nc1cnccc1C#N. The molecule has 1 aromatic rings. The molecular formula is C12H17N3O. The Labute approximate surface area is 95.9 Å². The number of aliphatic hydroxyl groups excluding tert-OH is 1. The molecular weight excluding hydrogens is 202 g/mol. The zero-order valence-corrected chi connectivity index (χ0v) is 9.64. The quantitative estimate of drug-likeness (QED) is 0.792. The largest absolute Gasteiger partial charge is 0.394 e. The van der Waals surface area contributed by atoms with Gasteiger partial charge in [-0.05, 0) is 18.4 Å². The Bertz CT molecular complexity index is 371. The number of aliphatic hydroxyl groups is 1. The monoisotopic (exact) mass is 219 g/mol. The molecule has 0 saturated heterocycles. The molecule has 0 saturated carbocycles. The van der Waals surface area contributed by atoms with E-state index in [1.54, 1.807) is 18.5 Å². The summed E-state index contributed by atoms with van der Waals surface area (Å²) in [5.41, 5.74) is 1.24. The topological polar surface area (TPSA) is 68.9 Å². The first kappa shape index (κ1) is 12.5. The fourth-order valence-electron chi connectivity index (χ4n) is 1.58. The van der Waals surface area contributed by atoms with Gasteiger partial charge < -0.3 is 10.4 Å². The Balaban J connectivity index is 2.74. The van der Waals surface area contributed by atoms with E-state index in [1.807, 2.05) is 0 Å². The van der Waals surface area contributed by atoms with Crippen molar-refractivity contribution in [3.05, 3.63) is 24.0 Å². The van der Waals surface area contributed by atoms with Crippen LogP contribution < -0.4 is 5.32 Å². The maximum atomic E-state index is 9.23. The average molecular weight is 219 g/mol. The van der Waals surface area contributed by atoms with Gasteiger partial charge in [0.25, 0.3) is 0 Å². The van der Waals surface area contributed by atoms with E-state index in [4.69, 9.17) is 5.26 Å². The van der Waals surface area contributed by atoms with Gasteiger partial charge in [-0.25, -0.2) is 0 Å². The summed E-state index contributed by atoms with van der Waals surface area (Å²) in [5.74, 6) is 0.492. The molecule has 4 heteroatoms. The van der Waals surface area contributed by atoms with E-state index in [-0.39, 0.29) is 12.6 Å². The van der Waals surface area contributed by atoms with Crippen molar-refractivity contribution >= 4 is 5.69 Å². The Hall–Kier alpha value is -1.60. The van der Waals surface area contributed by atoms with Crippen molar-refractivity contribution in [1.29, 1.82) is 5.26 Å². The summed E-state index contributed by atoms with van der Waals surface area (Å²) in [5, 5.41) is 21.3. The summed E-state index contributed by atoms with van der Waals surface area (Å²) < 4.78 is 0. The van der Waals surface area contributed by atoms with Crippen LogP contribution in [0.5, 0.6) is 0 Å². The van der Waals surface area contributed by atoms with Crippen LogP contribution in [0.4, 0.5) is 5.69 Å². The predicted molar refractivity (Wildman–Crippen MR) is 62.9 cm³/mol. The first-order valence-electron chi connectivity index (χ1n) is 5.39. The number of nitrogens with zero attached hydrogens (tertiary/aromatic N) is 2. The molecule has 2 N–H and O–H groups in total. The van der Waals surface area contributed by atoms with Gasteiger partial charge in [0.2, 0.25) is 0 Å². The fraction of sp³-hybridized carbons (Fsp3) is 0.500. The standard InChI is InChI=1S/C12H17N3O/c1-9(2)5-11(8-16)15-12-7-14-4-3-10(12)6-13/h3-4,7,9,11,15-16H,5,8H2,1-2H3. The predicted octanol–water partition coefficient (Wildman–Crippen LogP) is 1.77. The number of rotatable bonds is 5. The van der Waals surface area contributed by atoms with Gasteiger partial charge >= 0.3 is 0 Å². The molecule has 0 aliphatic rings. The van der Waals surface area contributed by atoms with Crippen LogP contribution in [-0.4, -0.2) is 22.7 Å². The molecule has 0 bridgehead atoms. The third kappa shape index (κ3) is 3.52. The number of pyridine rings is 1. The second-order valence-corrected chi connectivity index (χ2v) is 4.19. The van der Waals surface area contributed by atoms with Crippen LogP contribution in [0, 0.1) is 17.2 Å². The van der Waals surface area contributed by atoms with E-state index in [2.05, 4.69) is 30.2 Å². The molecule has 0 aliphatic heterocycles. The highest BCUT2D eigenvalue weighted by atomic mass is 16.3. The number of aromatic nitrogens is 1. The summed E-state index contributed by atoms with van der Waals surface area (Å²) in [4.78, 5) is 3.96. The normalized spacial score (nSPS) is 12.2. The van der Waals surface area contributed by atoms with E-state index >= 15 is 0 Å². The van der Waals surface area contributed by atoms with Crippen molar-refractivity contribution in [2.45, 2.75) is 26.3 Å². The van der Waals surface area contributed by atoms with Crippen molar-refractivity contribution in [1.82, 2.24) is 4.98 Å². The van der Waals surface area contributed by atoms with Gasteiger partial charge in [-0.2, -0.15) is 5.26 Å². The van der Waals surface area contributed by atoms with Crippen molar-refractivity contribution in [3.8, 4) is 6.07 Å². The van der Waals surface area contributed by atoms with Crippen molar-refractivity contribution in [2.75, 3.05) is 11.9 Å². The van der Waals surface area contributed by atoms with Gasteiger partial charge in [-0.1, -0.05) is 13.8 Å². The molecule has 0 radical (unpaired) electrons. The van der Waals surface area contributed by atoms with Crippen molar-refractivity contribution < 1.29 is 5.11 Å². The van der Waals surface area contributed by atoms with E-state index in [9.17, 15) is 5.11 Å². The molecule has 1 aromatic heterocycles. The third-order valence-corrected chi connectivity index (χ3v) is 2.28. The molecule has 16 heavy (non-hydrogen) atoms. The molecule has 1 atom stereocenters. The molecule has 0 amide bonds. The van der Waals surface area contributed by atoms with Gasteiger partial charge in [0, 0.05) is 12.2 Å². The fourth-order valence-corrected chi connectivity index (χ4v) is 1.58. The van der Waals surface area contributed by atoms with Crippen LogP contribution in [0.3, 0.4) is 0 Å². The van der Waals surface area contributed by atoms with Gasteiger partial charge in [-0.15, -0.1) is 0 Å². The molecule has 0 fully saturated rings. The summed E-state index contributed by atoms with van der Waals surface area (Å²) in [6.45, 7) is 4.25. The van der Waals surface area contributed by atoms with E-state index in [1.165, 1.54) is 0 Å². The van der Waals surface area contributed by atoms with Crippen LogP contribution in [-0.2, 0) is 0 Å². The highest BCUT2D eigenvalue weighted by Crippen LogP contribution is 2.15. The molecule has 1 unspecified atom stereocenters. The molecule has 0 aromatic carbocycles. The van der Waals surface area contributed by atoms with Crippen LogP contribution >= 0.6 is 0 Å². The number of anilines is 1. The Morgan fingerprint density at radius 3 is 2.88 bits per heavy atom. The van der Waals surface area contributed by atoms with Crippen LogP contribution in [0.15, 0.2) is 18.5 Å². The minimum atomic E-state index is -0.0312. The molecule has 0 aliphatic carbocycles. The Morgan fingerprint density at radius 2 is 2.31 bits per heavy atom. The van der Waals surface area contributed by atoms with Gasteiger partial charge in [-0.3, -0.25) is 4.98 Å². The van der Waals surface area contributed by atoms with Crippen LogP contribution in [0.25, 0.3) is 0 Å². The zero-order valence-electron chi connectivity index (χ0n) is 9.64. The van der Waals surface area contributed by atoms with Gasteiger partial charge in [0.15, 0.2) is 0 Å². The lowest BCUT2D eigenvalue weighted by Crippen LogP contribution is -2.26. The highest BCUT2D eigenvalue weighted by molar-refractivity contribution is 5.55. The third-order valence-electron chi connectivity index (χ3n) is 2.28. The number of hydrogen-bond acceptors (Lipinski definition) is 4. The van der Waals surface area contributed by atoms with Gasteiger partial charge in [0.05, 0.1) is 24.1 Å². The molecule has 86 valence electrons. The lowest BCUT2D eigenvalue weighted by Gasteiger charge is -2.19. The van der Waals surface area contributed by atoms with Crippen LogP contribution in [0.2, 0.25) is 0 Å². The molecule has 1 heterocycles. The second kappa shape index (κ2) is 6.09. The van der Waals surface area contributed by atoms with Gasteiger partial charge in [0.1, 0.15) is 6.07 Å². The van der Waals surface area contributed by atoms with E-state index < -0.39 is 0 Å². The van der Waals surface area contributed by atoms with E-state index in [0.29, 0.717) is 17.2 Å². The van der Waals surface area contributed by atoms with E-state index in [0.717, 1.165) is 6.42 Å². The van der Waals surface area contributed by atoms with Crippen molar-refractivity contribution in [2.24, 2.45) is 5.92 Å². The number of nitrogens with one attached hydrogen (secondary N) is 1. The minimum Gasteiger partial charge on any atom is -0.394 e. The highest BCUT2D eigenvalue weighted by Gasteiger charge is 2.11. The first-order valence-corrected chi connectivity index (χ1v) is 5.39. The molecule has 1 rings (SSSR count). The summed E-state index contributed by atoms with van der Waals surface area (Å²) in [7, 11) is 0.